The van der Waals surface area contributed by atoms with Crippen molar-refractivity contribution in [3.05, 3.63) is 0 Å². The molecule has 4 bridgehead atoms. The van der Waals surface area contributed by atoms with Crippen LogP contribution in [0.15, 0.2) is 10.2 Å². The van der Waals surface area contributed by atoms with E-state index in [0.29, 0.717) is 12.0 Å². The van der Waals surface area contributed by atoms with Crippen LogP contribution in [0, 0.1) is 46.8 Å². The maximum absolute atomic E-state index is 9.75. The smallest absolute Gasteiger partial charge is 0.167 e. The highest BCUT2D eigenvalue weighted by Gasteiger charge is 2.49. The average molecular weight is 299 g/mol. The van der Waals surface area contributed by atoms with Crippen LogP contribution in [-0.4, -0.2) is 11.6 Å². The number of nitrogens with zero attached hydrogens (tertiary/aromatic N) is 3. The average Bonchev–Trinajstić information content (AvgIpc) is 3.31. The highest BCUT2D eigenvalue weighted by atomic mass is 15.2. The molecule has 120 valence electrons. The van der Waals surface area contributed by atoms with Gasteiger partial charge >= 0.3 is 0 Å². The Bertz CT molecular complexity index is 507. The van der Waals surface area contributed by atoms with E-state index in [-0.39, 0.29) is 0 Å². The summed E-state index contributed by atoms with van der Waals surface area (Å²) in [4.78, 5) is 0. The molecule has 3 heteroatoms. The van der Waals surface area contributed by atoms with Gasteiger partial charge in [-0.25, -0.2) is 0 Å². The molecule has 3 nitrogen and oxygen atoms in total. The fourth-order valence-corrected chi connectivity index (χ4v) is 6.29. The Labute approximate surface area is 134 Å². The molecule has 4 saturated carbocycles. The number of fused-ring (bicyclic) bond motifs is 4. The molecule has 0 N–H and O–H groups in total. The summed E-state index contributed by atoms with van der Waals surface area (Å²) in [6.45, 7) is 4.27. The van der Waals surface area contributed by atoms with Crippen LogP contribution in [0.5, 0.6) is 0 Å². The number of nitriles is 1. The van der Waals surface area contributed by atoms with Gasteiger partial charge in [-0.3, -0.25) is 0 Å². The van der Waals surface area contributed by atoms with E-state index in [1.54, 1.807) is 0 Å². The molecular weight excluding hydrogens is 270 g/mol. The number of hydrogen-bond acceptors (Lipinski definition) is 3. The standard InChI is InChI=1S/C19H29N3/c1-12(17-9-13-3-5-15(17)7-13)21-22-19(2,11-20)18-10-14-4-6-16(18)8-14/h12-18H,3-10H2,1-2H3. The van der Waals surface area contributed by atoms with Gasteiger partial charge in [0.15, 0.2) is 5.54 Å². The third-order valence-corrected chi connectivity index (χ3v) is 7.55. The van der Waals surface area contributed by atoms with E-state index >= 15 is 0 Å². The minimum Gasteiger partial charge on any atom is -0.196 e. The van der Waals surface area contributed by atoms with E-state index in [2.05, 4.69) is 18.1 Å². The third kappa shape index (κ3) is 2.30. The third-order valence-electron chi connectivity index (χ3n) is 7.55. The first-order valence-electron chi connectivity index (χ1n) is 9.42. The molecule has 8 unspecified atom stereocenters. The molecule has 22 heavy (non-hydrogen) atoms. The monoisotopic (exact) mass is 299 g/mol. The molecule has 0 aromatic heterocycles. The predicted molar refractivity (Wildman–Crippen MR) is 86.2 cm³/mol. The quantitative estimate of drug-likeness (QED) is 0.675. The van der Waals surface area contributed by atoms with E-state index in [4.69, 9.17) is 5.11 Å². The lowest BCUT2D eigenvalue weighted by Gasteiger charge is -2.31. The lowest BCUT2D eigenvalue weighted by Crippen LogP contribution is -2.35. The highest BCUT2D eigenvalue weighted by Crippen LogP contribution is 2.53. The summed E-state index contributed by atoms with van der Waals surface area (Å²) in [7, 11) is 0. The Morgan fingerprint density at radius 3 is 2.18 bits per heavy atom. The van der Waals surface area contributed by atoms with Crippen LogP contribution < -0.4 is 0 Å². The van der Waals surface area contributed by atoms with Crippen molar-refractivity contribution in [2.45, 2.75) is 76.8 Å². The van der Waals surface area contributed by atoms with Gasteiger partial charge < -0.3 is 0 Å². The molecule has 0 spiro atoms. The maximum Gasteiger partial charge on any atom is 0.167 e. The van der Waals surface area contributed by atoms with Gasteiger partial charge in [0.2, 0.25) is 0 Å². The number of hydrogen-bond donors (Lipinski definition) is 0. The summed E-state index contributed by atoms with van der Waals surface area (Å²) in [5.74, 6) is 4.61. The summed E-state index contributed by atoms with van der Waals surface area (Å²) in [5, 5.41) is 19.1. The highest BCUT2D eigenvalue weighted by molar-refractivity contribution is 5.13. The topological polar surface area (TPSA) is 48.5 Å². The van der Waals surface area contributed by atoms with Crippen LogP contribution in [0.1, 0.15) is 65.2 Å². The minimum absolute atomic E-state index is 0.307. The molecule has 4 aliphatic rings. The molecule has 0 saturated heterocycles. The second-order valence-corrected chi connectivity index (χ2v) is 8.84. The van der Waals surface area contributed by atoms with Crippen molar-refractivity contribution in [2.75, 3.05) is 0 Å². The molecule has 0 aromatic carbocycles. The summed E-state index contributed by atoms with van der Waals surface area (Å²) in [5.41, 5.74) is -0.578. The van der Waals surface area contributed by atoms with Crippen LogP contribution in [0.4, 0.5) is 0 Å². The molecule has 4 rings (SSSR count). The normalized spacial score (nSPS) is 47.0. The van der Waals surface area contributed by atoms with Crippen molar-refractivity contribution >= 4 is 0 Å². The van der Waals surface area contributed by atoms with E-state index in [1.165, 1.54) is 51.4 Å². The first kappa shape index (κ1) is 14.7. The first-order valence-corrected chi connectivity index (χ1v) is 9.42. The minimum atomic E-state index is -0.578. The van der Waals surface area contributed by atoms with Crippen LogP contribution in [0.3, 0.4) is 0 Å². The maximum atomic E-state index is 9.75. The predicted octanol–water partition coefficient (Wildman–Crippen LogP) is 4.98. The van der Waals surface area contributed by atoms with Gasteiger partial charge in [0, 0.05) is 5.92 Å². The zero-order valence-electron chi connectivity index (χ0n) is 14.0. The number of rotatable bonds is 4. The first-order chi connectivity index (χ1) is 10.6. The second kappa shape index (κ2) is 5.32. The number of azo groups is 1. The van der Waals surface area contributed by atoms with Crippen molar-refractivity contribution in [3.8, 4) is 6.07 Å². The van der Waals surface area contributed by atoms with Crippen LogP contribution >= 0.6 is 0 Å². The Hall–Kier alpha value is -0.910. The summed E-state index contributed by atoms with van der Waals surface area (Å²) in [6, 6.07) is 2.83. The van der Waals surface area contributed by atoms with Crippen LogP contribution in [0.25, 0.3) is 0 Å². The molecule has 0 amide bonds. The second-order valence-electron chi connectivity index (χ2n) is 8.84. The van der Waals surface area contributed by atoms with Crippen molar-refractivity contribution < 1.29 is 0 Å². The fourth-order valence-electron chi connectivity index (χ4n) is 6.29. The van der Waals surface area contributed by atoms with E-state index in [9.17, 15) is 5.26 Å². The zero-order chi connectivity index (χ0) is 15.3. The Morgan fingerprint density at radius 1 is 1.00 bits per heavy atom. The van der Waals surface area contributed by atoms with Crippen LogP contribution in [-0.2, 0) is 0 Å². The molecule has 0 radical (unpaired) electrons. The van der Waals surface area contributed by atoms with Crippen LogP contribution in [0.2, 0.25) is 0 Å². The Balaban J connectivity index is 1.45. The molecule has 4 aliphatic carbocycles. The Morgan fingerprint density at radius 2 is 1.68 bits per heavy atom. The van der Waals surface area contributed by atoms with Gasteiger partial charge in [-0.05, 0) is 82.0 Å². The van der Waals surface area contributed by atoms with E-state index in [1.807, 2.05) is 6.92 Å². The molecule has 4 fully saturated rings. The van der Waals surface area contributed by atoms with Crippen molar-refractivity contribution in [1.29, 1.82) is 5.26 Å². The van der Waals surface area contributed by atoms with Gasteiger partial charge in [-0.1, -0.05) is 12.8 Å². The molecule has 0 aromatic rings. The van der Waals surface area contributed by atoms with Gasteiger partial charge in [-0.15, -0.1) is 0 Å². The van der Waals surface area contributed by atoms with E-state index < -0.39 is 5.54 Å². The molecule has 8 atom stereocenters. The van der Waals surface area contributed by atoms with Crippen molar-refractivity contribution in [1.82, 2.24) is 0 Å². The Kier molecular flexibility index (Phi) is 3.55. The molecule has 0 aliphatic heterocycles. The molecular formula is C19H29N3. The van der Waals surface area contributed by atoms with Gasteiger partial charge in [0.05, 0.1) is 12.1 Å². The largest absolute Gasteiger partial charge is 0.196 e. The fraction of sp³-hybridized carbons (Fsp3) is 0.947. The zero-order valence-corrected chi connectivity index (χ0v) is 14.0. The van der Waals surface area contributed by atoms with Gasteiger partial charge in [0.1, 0.15) is 0 Å². The lowest BCUT2D eigenvalue weighted by atomic mass is 9.76. The van der Waals surface area contributed by atoms with Crippen molar-refractivity contribution in [2.24, 2.45) is 45.7 Å². The van der Waals surface area contributed by atoms with Gasteiger partial charge in [-0.2, -0.15) is 15.5 Å². The summed E-state index contributed by atoms with van der Waals surface area (Å²) >= 11 is 0. The lowest BCUT2D eigenvalue weighted by molar-refractivity contribution is 0.231. The summed E-state index contributed by atoms with van der Waals surface area (Å²) in [6.07, 6.45) is 10.8. The van der Waals surface area contributed by atoms with Gasteiger partial charge in [0.25, 0.3) is 0 Å². The van der Waals surface area contributed by atoms with Crippen molar-refractivity contribution in [3.63, 3.8) is 0 Å². The molecule has 0 heterocycles. The summed E-state index contributed by atoms with van der Waals surface area (Å²) < 4.78 is 0. The SMILES string of the molecule is CC(N=NC(C)(C#N)C1CC2CCC1C2)C1CC2CCC1C2. The van der Waals surface area contributed by atoms with E-state index in [0.717, 1.165) is 29.6 Å².